The van der Waals surface area contributed by atoms with E-state index in [0.717, 1.165) is 57.8 Å². The molecule has 1 unspecified atom stereocenters. The summed E-state index contributed by atoms with van der Waals surface area (Å²) in [5.41, 5.74) is 0. The molecule has 226 valence electrons. The maximum Gasteiger partial charge on any atom is 0.307 e. The number of carboxylic acids is 1. The molecule has 0 spiro atoms. The van der Waals surface area contributed by atoms with Crippen molar-refractivity contribution in [2.75, 3.05) is 0 Å². The number of rotatable bonds is 29. The zero-order chi connectivity index (χ0) is 28.7. The Labute approximate surface area is 241 Å². The molecule has 0 fully saturated rings. The summed E-state index contributed by atoms with van der Waals surface area (Å²) >= 11 is 0. The van der Waals surface area contributed by atoms with Gasteiger partial charge in [-0.1, -0.05) is 140 Å². The number of carbonyl (C=O) groups is 2. The summed E-state index contributed by atoms with van der Waals surface area (Å²) in [6.45, 7) is 4.40. The Bertz CT molecular complexity index is 635. The molecule has 0 saturated carbocycles. The Hall–Kier alpha value is -1.84. The second-order valence-corrected chi connectivity index (χ2v) is 11.0. The molecule has 4 heteroatoms. The van der Waals surface area contributed by atoms with Crippen molar-refractivity contribution in [1.29, 1.82) is 0 Å². The highest BCUT2D eigenvalue weighted by Gasteiger charge is 2.17. The number of allylic oxidation sites excluding steroid dienone is 6. The second kappa shape index (κ2) is 30.7. The van der Waals surface area contributed by atoms with Gasteiger partial charge in [-0.25, -0.2) is 0 Å². The van der Waals surface area contributed by atoms with Crippen molar-refractivity contribution in [2.24, 2.45) is 0 Å². The van der Waals surface area contributed by atoms with Crippen LogP contribution in [-0.4, -0.2) is 23.1 Å². The fraction of sp³-hybridized carbons (Fsp3) is 0.771. The Kier molecular flexibility index (Phi) is 29.2. The van der Waals surface area contributed by atoms with E-state index in [1.54, 1.807) is 0 Å². The average Bonchev–Trinajstić information content (AvgIpc) is 2.91. The summed E-state index contributed by atoms with van der Waals surface area (Å²) in [6.07, 6.45) is 38.7. The van der Waals surface area contributed by atoms with E-state index in [4.69, 9.17) is 4.74 Å². The van der Waals surface area contributed by atoms with E-state index in [-0.39, 0.29) is 12.4 Å². The van der Waals surface area contributed by atoms with Gasteiger partial charge in [0.15, 0.2) is 0 Å². The third-order valence-corrected chi connectivity index (χ3v) is 7.11. The molecule has 0 aromatic heterocycles. The van der Waals surface area contributed by atoms with Gasteiger partial charge in [-0.05, 0) is 51.4 Å². The Balaban J connectivity index is 3.70. The molecular formula is C35H62O4. The first-order chi connectivity index (χ1) is 19.1. The van der Waals surface area contributed by atoms with Gasteiger partial charge >= 0.3 is 11.9 Å². The minimum Gasteiger partial charge on any atom is -0.481 e. The molecule has 0 saturated heterocycles. The third kappa shape index (κ3) is 30.6. The van der Waals surface area contributed by atoms with E-state index in [9.17, 15) is 14.7 Å². The van der Waals surface area contributed by atoms with Crippen molar-refractivity contribution in [3.8, 4) is 0 Å². The zero-order valence-electron chi connectivity index (χ0n) is 25.7. The number of carbonyl (C=O) groups excluding carboxylic acids is 1. The molecule has 4 nitrogen and oxygen atoms in total. The summed E-state index contributed by atoms with van der Waals surface area (Å²) in [4.78, 5) is 23.4. The minimum absolute atomic E-state index is 0.0777. The largest absolute Gasteiger partial charge is 0.481 e. The van der Waals surface area contributed by atoms with Crippen LogP contribution < -0.4 is 0 Å². The van der Waals surface area contributed by atoms with Crippen LogP contribution in [0.25, 0.3) is 0 Å². The van der Waals surface area contributed by atoms with Crippen molar-refractivity contribution in [3.05, 3.63) is 36.5 Å². The molecule has 0 amide bonds. The SMILES string of the molecule is CC/C=C\C/C=C\C/C=C\CCCCCCCCCC(=O)OC(CCCCCCCCCCCC)CC(=O)O. The molecule has 0 aromatic carbocycles. The van der Waals surface area contributed by atoms with Gasteiger partial charge in [-0.3, -0.25) is 9.59 Å². The molecule has 0 bridgehead atoms. The summed E-state index contributed by atoms with van der Waals surface area (Å²) < 4.78 is 5.54. The van der Waals surface area contributed by atoms with Crippen molar-refractivity contribution < 1.29 is 19.4 Å². The zero-order valence-corrected chi connectivity index (χ0v) is 25.7. The molecule has 1 atom stereocenters. The average molecular weight is 547 g/mol. The van der Waals surface area contributed by atoms with E-state index in [1.165, 1.54) is 77.0 Å². The number of esters is 1. The summed E-state index contributed by atoms with van der Waals surface area (Å²) in [6, 6.07) is 0. The predicted molar refractivity (Wildman–Crippen MR) is 167 cm³/mol. The highest BCUT2D eigenvalue weighted by molar-refractivity contribution is 5.71. The van der Waals surface area contributed by atoms with Gasteiger partial charge in [-0.2, -0.15) is 0 Å². The fourth-order valence-corrected chi connectivity index (χ4v) is 4.74. The molecule has 1 N–H and O–H groups in total. The van der Waals surface area contributed by atoms with Crippen molar-refractivity contribution in [2.45, 2.75) is 174 Å². The first kappa shape index (κ1) is 37.2. The highest BCUT2D eigenvalue weighted by atomic mass is 16.5. The van der Waals surface area contributed by atoms with Gasteiger partial charge in [0.05, 0.1) is 6.42 Å². The Morgan fingerprint density at radius 2 is 1.10 bits per heavy atom. The quantitative estimate of drug-likeness (QED) is 0.0575. The first-order valence-corrected chi connectivity index (χ1v) is 16.5. The molecule has 0 aromatic rings. The molecule has 0 rings (SSSR count). The van der Waals surface area contributed by atoms with E-state index in [1.807, 2.05) is 0 Å². The van der Waals surface area contributed by atoms with Gasteiger partial charge in [0, 0.05) is 6.42 Å². The second-order valence-electron chi connectivity index (χ2n) is 11.0. The van der Waals surface area contributed by atoms with Crippen molar-refractivity contribution in [3.63, 3.8) is 0 Å². The topological polar surface area (TPSA) is 63.6 Å². The van der Waals surface area contributed by atoms with E-state index >= 15 is 0 Å². The Morgan fingerprint density at radius 3 is 1.67 bits per heavy atom. The first-order valence-electron chi connectivity index (χ1n) is 16.5. The smallest absolute Gasteiger partial charge is 0.307 e. The normalized spacial score (nSPS) is 12.7. The molecule has 0 aliphatic heterocycles. The van der Waals surface area contributed by atoms with Crippen LogP contribution in [0.15, 0.2) is 36.5 Å². The monoisotopic (exact) mass is 546 g/mol. The van der Waals surface area contributed by atoms with Crippen LogP contribution >= 0.6 is 0 Å². The van der Waals surface area contributed by atoms with Crippen LogP contribution in [0.1, 0.15) is 168 Å². The maximum atomic E-state index is 12.2. The van der Waals surface area contributed by atoms with Crippen molar-refractivity contribution in [1.82, 2.24) is 0 Å². The lowest BCUT2D eigenvalue weighted by molar-refractivity contribution is -0.153. The minimum atomic E-state index is -0.886. The lowest BCUT2D eigenvalue weighted by Crippen LogP contribution is -2.21. The van der Waals surface area contributed by atoms with E-state index < -0.39 is 12.1 Å². The molecule has 0 heterocycles. The van der Waals surface area contributed by atoms with E-state index in [2.05, 4.69) is 50.3 Å². The van der Waals surface area contributed by atoms with Crippen LogP contribution in [0.5, 0.6) is 0 Å². The van der Waals surface area contributed by atoms with Gasteiger partial charge in [0.1, 0.15) is 6.10 Å². The predicted octanol–water partition coefficient (Wildman–Crippen LogP) is 11.1. The summed E-state index contributed by atoms with van der Waals surface area (Å²) in [5, 5.41) is 9.19. The summed E-state index contributed by atoms with van der Waals surface area (Å²) in [7, 11) is 0. The molecule has 0 aliphatic carbocycles. The van der Waals surface area contributed by atoms with Crippen LogP contribution in [0.2, 0.25) is 0 Å². The molecule has 0 radical (unpaired) electrons. The van der Waals surface area contributed by atoms with Crippen LogP contribution in [0.3, 0.4) is 0 Å². The number of hydrogen-bond donors (Lipinski definition) is 1. The Morgan fingerprint density at radius 1 is 0.615 bits per heavy atom. The lowest BCUT2D eigenvalue weighted by Gasteiger charge is -2.16. The van der Waals surface area contributed by atoms with Crippen molar-refractivity contribution >= 4 is 11.9 Å². The molecule has 0 aliphatic rings. The standard InChI is InChI=1S/C35H62O4/c1-3-5-7-9-11-13-15-16-17-18-19-20-21-23-25-27-29-31-35(38)39-33(32-34(36)37)30-28-26-24-22-14-12-10-8-6-4-2/h5,7,11,13,16-17,33H,3-4,6,8-10,12,14-15,18-32H2,1-2H3,(H,36,37)/b7-5-,13-11-,17-16-. The number of hydrogen-bond acceptors (Lipinski definition) is 3. The number of carboxylic acid groups (broad SMARTS) is 1. The lowest BCUT2D eigenvalue weighted by atomic mass is 10.0. The van der Waals surface area contributed by atoms with E-state index in [0.29, 0.717) is 12.8 Å². The van der Waals surface area contributed by atoms with Crippen LogP contribution in [-0.2, 0) is 14.3 Å². The van der Waals surface area contributed by atoms with Gasteiger partial charge in [-0.15, -0.1) is 0 Å². The van der Waals surface area contributed by atoms with Gasteiger partial charge in [0.2, 0.25) is 0 Å². The third-order valence-electron chi connectivity index (χ3n) is 7.11. The van der Waals surface area contributed by atoms with Crippen LogP contribution in [0.4, 0.5) is 0 Å². The molecule has 39 heavy (non-hydrogen) atoms. The molecular weight excluding hydrogens is 484 g/mol. The van der Waals surface area contributed by atoms with Gasteiger partial charge < -0.3 is 9.84 Å². The van der Waals surface area contributed by atoms with Gasteiger partial charge in [0.25, 0.3) is 0 Å². The number of unbranched alkanes of at least 4 members (excludes halogenated alkanes) is 16. The highest BCUT2D eigenvalue weighted by Crippen LogP contribution is 2.16. The maximum absolute atomic E-state index is 12.2. The number of ether oxygens (including phenoxy) is 1. The summed E-state index contributed by atoms with van der Waals surface area (Å²) in [5.74, 6) is -1.12. The fourth-order valence-electron chi connectivity index (χ4n) is 4.74. The number of aliphatic carboxylic acids is 1. The van der Waals surface area contributed by atoms with Crippen LogP contribution in [0, 0.1) is 0 Å².